The Morgan fingerprint density at radius 1 is 1.00 bits per heavy atom. The van der Waals surface area contributed by atoms with Gasteiger partial charge >= 0.3 is 0 Å². The number of carbonyl (C=O) groups excluding carboxylic acids is 1. The molecule has 1 heterocycles. The lowest BCUT2D eigenvalue weighted by Crippen LogP contribution is -2.23. The lowest BCUT2D eigenvalue weighted by Gasteiger charge is -2.22. The molecule has 1 aromatic heterocycles. The van der Waals surface area contributed by atoms with Gasteiger partial charge in [0, 0.05) is 25.2 Å². The Balaban J connectivity index is 1.73. The number of ketones is 1. The van der Waals surface area contributed by atoms with Crippen LogP contribution in [0.2, 0.25) is 0 Å². The SMILES string of the molecule is O=C1CCC(Oc2cccc(-c3ccncc3)c2)CC1. The molecule has 1 aromatic carbocycles. The van der Waals surface area contributed by atoms with E-state index in [2.05, 4.69) is 11.1 Å². The molecule has 0 aliphatic heterocycles. The van der Waals surface area contributed by atoms with E-state index in [4.69, 9.17) is 4.74 Å². The second-order valence-corrected chi connectivity index (χ2v) is 5.12. The van der Waals surface area contributed by atoms with Crippen LogP contribution < -0.4 is 4.74 Å². The van der Waals surface area contributed by atoms with Gasteiger partial charge in [0.25, 0.3) is 0 Å². The molecular formula is C17H17NO2. The molecule has 0 N–H and O–H groups in total. The van der Waals surface area contributed by atoms with Crippen molar-refractivity contribution in [2.75, 3.05) is 0 Å². The normalized spacial score (nSPS) is 16.1. The monoisotopic (exact) mass is 267 g/mol. The summed E-state index contributed by atoms with van der Waals surface area (Å²) in [5, 5.41) is 0. The van der Waals surface area contributed by atoms with Gasteiger partial charge in [-0.1, -0.05) is 12.1 Å². The molecule has 2 aromatic rings. The highest BCUT2D eigenvalue weighted by Gasteiger charge is 2.19. The standard InChI is InChI=1S/C17H17NO2/c19-15-4-6-16(7-5-15)20-17-3-1-2-14(12-17)13-8-10-18-11-9-13/h1-3,8-12,16H,4-7H2. The van der Waals surface area contributed by atoms with Crippen LogP contribution in [0, 0.1) is 0 Å². The predicted molar refractivity (Wildman–Crippen MR) is 77.6 cm³/mol. The van der Waals surface area contributed by atoms with E-state index in [1.54, 1.807) is 12.4 Å². The highest BCUT2D eigenvalue weighted by atomic mass is 16.5. The maximum atomic E-state index is 11.2. The molecule has 102 valence electrons. The van der Waals surface area contributed by atoms with Crippen molar-refractivity contribution in [1.82, 2.24) is 4.98 Å². The van der Waals surface area contributed by atoms with Crippen LogP contribution >= 0.6 is 0 Å². The van der Waals surface area contributed by atoms with Crippen LogP contribution in [0.3, 0.4) is 0 Å². The molecule has 1 aliphatic rings. The van der Waals surface area contributed by atoms with Crippen LogP contribution in [0.15, 0.2) is 48.8 Å². The number of carbonyl (C=O) groups is 1. The summed E-state index contributed by atoms with van der Waals surface area (Å²) < 4.78 is 6.00. The van der Waals surface area contributed by atoms with E-state index >= 15 is 0 Å². The lowest BCUT2D eigenvalue weighted by molar-refractivity contribution is -0.121. The van der Waals surface area contributed by atoms with Crippen molar-refractivity contribution in [3.05, 3.63) is 48.8 Å². The number of benzene rings is 1. The quantitative estimate of drug-likeness (QED) is 0.852. The lowest BCUT2D eigenvalue weighted by atomic mass is 9.96. The third-order valence-corrected chi connectivity index (χ3v) is 3.64. The average molecular weight is 267 g/mol. The third kappa shape index (κ3) is 3.05. The Labute approximate surface area is 118 Å². The summed E-state index contributed by atoms with van der Waals surface area (Å²) in [6.45, 7) is 0. The van der Waals surface area contributed by atoms with Crippen LogP contribution in [-0.2, 0) is 4.79 Å². The minimum Gasteiger partial charge on any atom is -0.490 e. The van der Waals surface area contributed by atoms with Gasteiger partial charge in [-0.15, -0.1) is 0 Å². The molecule has 1 saturated carbocycles. The van der Waals surface area contributed by atoms with Gasteiger partial charge in [-0.3, -0.25) is 9.78 Å². The van der Waals surface area contributed by atoms with Crippen molar-refractivity contribution >= 4 is 5.78 Å². The molecule has 0 saturated heterocycles. The van der Waals surface area contributed by atoms with E-state index < -0.39 is 0 Å². The Hall–Kier alpha value is -2.16. The second kappa shape index (κ2) is 5.87. The first-order valence-electron chi connectivity index (χ1n) is 7.00. The van der Waals surface area contributed by atoms with Crippen molar-refractivity contribution in [3.8, 4) is 16.9 Å². The molecule has 3 nitrogen and oxygen atoms in total. The van der Waals surface area contributed by atoms with Gasteiger partial charge in [0.1, 0.15) is 11.5 Å². The molecule has 3 rings (SSSR count). The zero-order valence-electron chi connectivity index (χ0n) is 11.3. The molecule has 0 amide bonds. The Kier molecular flexibility index (Phi) is 3.77. The minimum absolute atomic E-state index is 0.167. The Bertz CT molecular complexity index is 585. The number of hydrogen-bond donors (Lipinski definition) is 0. The summed E-state index contributed by atoms with van der Waals surface area (Å²) in [7, 11) is 0. The number of hydrogen-bond acceptors (Lipinski definition) is 3. The number of aromatic nitrogens is 1. The molecule has 1 fully saturated rings. The number of ether oxygens (including phenoxy) is 1. The first-order valence-corrected chi connectivity index (χ1v) is 7.00. The van der Waals surface area contributed by atoms with Crippen LogP contribution in [0.4, 0.5) is 0 Å². The van der Waals surface area contributed by atoms with Crippen LogP contribution in [-0.4, -0.2) is 16.9 Å². The van der Waals surface area contributed by atoms with Gasteiger partial charge in [0.2, 0.25) is 0 Å². The van der Waals surface area contributed by atoms with Crippen molar-refractivity contribution in [1.29, 1.82) is 0 Å². The predicted octanol–water partition coefficient (Wildman–Crippen LogP) is 3.64. The number of nitrogens with zero attached hydrogens (tertiary/aromatic N) is 1. The van der Waals surface area contributed by atoms with Crippen LogP contribution in [0.1, 0.15) is 25.7 Å². The van der Waals surface area contributed by atoms with E-state index in [1.807, 2.05) is 30.3 Å². The summed E-state index contributed by atoms with van der Waals surface area (Å²) in [4.78, 5) is 15.3. The molecule has 1 aliphatic carbocycles. The molecule has 3 heteroatoms. The largest absolute Gasteiger partial charge is 0.490 e. The van der Waals surface area contributed by atoms with Crippen molar-refractivity contribution in [2.45, 2.75) is 31.8 Å². The molecule has 0 radical (unpaired) electrons. The molecule has 0 bridgehead atoms. The molecule has 20 heavy (non-hydrogen) atoms. The van der Waals surface area contributed by atoms with Gasteiger partial charge in [0.05, 0.1) is 6.10 Å². The number of Topliss-reactive ketones (excluding diaryl/α,β-unsaturated/α-hetero) is 1. The first-order chi connectivity index (χ1) is 9.81. The van der Waals surface area contributed by atoms with E-state index in [9.17, 15) is 4.79 Å². The first kappa shape index (κ1) is 12.9. The van der Waals surface area contributed by atoms with Gasteiger partial charge in [-0.25, -0.2) is 0 Å². The second-order valence-electron chi connectivity index (χ2n) is 5.12. The average Bonchev–Trinajstić information content (AvgIpc) is 2.51. The van der Waals surface area contributed by atoms with Crippen molar-refractivity contribution in [3.63, 3.8) is 0 Å². The molecular weight excluding hydrogens is 250 g/mol. The maximum absolute atomic E-state index is 11.2. The fourth-order valence-corrected chi connectivity index (χ4v) is 2.52. The van der Waals surface area contributed by atoms with Gasteiger partial charge in [0.15, 0.2) is 0 Å². The third-order valence-electron chi connectivity index (χ3n) is 3.64. The smallest absolute Gasteiger partial charge is 0.133 e. The summed E-state index contributed by atoms with van der Waals surface area (Å²) in [5.74, 6) is 1.23. The van der Waals surface area contributed by atoms with Crippen LogP contribution in [0.25, 0.3) is 11.1 Å². The van der Waals surface area contributed by atoms with E-state index in [-0.39, 0.29) is 6.10 Å². The van der Waals surface area contributed by atoms with Gasteiger partial charge < -0.3 is 4.74 Å². The fraction of sp³-hybridized carbons (Fsp3) is 0.294. The zero-order valence-corrected chi connectivity index (χ0v) is 11.3. The summed E-state index contributed by atoms with van der Waals surface area (Å²) in [6.07, 6.45) is 6.70. The van der Waals surface area contributed by atoms with E-state index in [0.717, 1.165) is 29.7 Å². The highest BCUT2D eigenvalue weighted by Crippen LogP contribution is 2.26. The van der Waals surface area contributed by atoms with Crippen molar-refractivity contribution < 1.29 is 9.53 Å². The summed E-state index contributed by atoms with van der Waals surface area (Å²) >= 11 is 0. The topological polar surface area (TPSA) is 39.2 Å². The maximum Gasteiger partial charge on any atom is 0.133 e. The Morgan fingerprint density at radius 2 is 1.75 bits per heavy atom. The zero-order chi connectivity index (χ0) is 13.8. The van der Waals surface area contributed by atoms with Gasteiger partial charge in [-0.05, 0) is 48.2 Å². The van der Waals surface area contributed by atoms with E-state index in [1.165, 1.54) is 0 Å². The summed E-state index contributed by atoms with van der Waals surface area (Å²) in [6, 6.07) is 12.1. The van der Waals surface area contributed by atoms with Crippen molar-refractivity contribution in [2.24, 2.45) is 0 Å². The summed E-state index contributed by atoms with van der Waals surface area (Å²) in [5.41, 5.74) is 2.25. The number of pyridine rings is 1. The molecule has 0 atom stereocenters. The van der Waals surface area contributed by atoms with Gasteiger partial charge in [-0.2, -0.15) is 0 Å². The molecule has 0 spiro atoms. The van der Waals surface area contributed by atoms with E-state index in [0.29, 0.717) is 18.6 Å². The fourth-order valence-electron chi connectivity index (χ4n) is 2.52. The highest BCUT2D eigenvalue weighted by molar-refractivity contribution is 5.79. The van der Waals surface area contributed by atoms with Crippen LogP contribution in [0.5, 0.6) is 5.75 Å². The minimum atomic E-state index is 0.167. The Morgan fingerprint density at radius 3 is 2.50 bits per heavy atom. The number of rotatable bonds is 3. The molecule has 0 unspecified atom stereocenters.